The molecule has 0 spiro atoms. The van der Waals surface area contributed by atoms with Crippen molar-refractivity contribution in [3.05, 3.63) is 24.0 Å². The Hall–Kier alpha value is -1.17. The van der Waals surface area contributed by atoms with Crippen molar-refractivity contribution in [1.29, 1.82) is 0 Å². The molecule has 1 unspecified atom stereocenters. The number of rotatable bonds is 8. The van der Waals surface area contributed by atoms with Crippen LogP contribution in [0.3, 0.4) is 0 Å². The standard InChI is InChI=1S/C16H30N4O/c1-7-16(8-2,20(5)6)15(19-17)13-9-14(11-18-10-13)21-12(3)4/h9-12,15,19H,7-8,17H2,1-6H3. The van der Waals surface area contributed by atoms with Crippen molar-refractivity contribution in [3.8, 4) is 5.75 Å². The Kier molecular flexibility index (Phi) is 6.58. The summed E-state index contributed by atoms with van der Waals surface area (Å²) >= 11 is 0. The first-order chi connectivity index (χ1) is 9.91. The first-order valence-electron chi connectivity index (χ1n) is 7.66. The van der Waals surface area contributed by atoms with Gasteiger partial charge >= 0.3 is 0 Å². The number of pyridine rings is 1. The third-order valence-electron chi connectivity index (χ3n) is 4.26. The van der Waals surface area contributed by atoms with Gasteiger partial charge in [-0.3, -0.25) is 16.3 Å². The molecule has 0 saturated heterocycles. The van der Waals surface area contributed by atoms with Crippen LogP contribution in [0.1, 0.15) is 52.1 Å². The van der Waals surface area contributed by atoms with Gasteiger partial charge in [0.2, 0.25) is 0 Å². The maximum Gasteiger partial charge on any atom is 0.138 e. The maximum atomic E-state index is 5.89. The Labute approximate surface area is 128 Å². The summed E-state index contributed by atoms with van der Waals surface area (Å²) in [4.78, 5) is 6.55. The van der Waals surface area contributed by atoms with E-state index in [9.17, 15) is 0 Å². The molecular formula is C16H30N4O. The lowest BCUT2D eigenvalue weighted by atomic mass is 9.80. The minimum absolute atomic E-state index is 0.00860. The summed E-state index contributed by atoms with van der Waals surface area (Å²) in [5.41, 5.74) is 3.97. The van der Waals surface area contributed by atoms with Crippen molar-refractivity contribution in [3.63, 3.8) is 0 Å². The van der Waals surface area contributed by atoms with Gasteiger partial charge in [0.25, 0.3) is 0 Å². The molecule has 1 atom stereocenters. The van der Waals surface area contributed by atoms with E-state index in [0.29, 0.717) is 0 Å². The largest absolute Gasteiger partial charge is 0.489 e. The van der Waals surface area contributed by atoms with Crippen molar-refractivity contribution in [1.82, 2.24) is 15.3 Å². The zero-order chi connectivity index (χ0) is 16.0. The Bertz CT molecular complexity index is 430. The molecule has 120 valence electrons. The van der Waals surface area contributed by atoms with Gasteiger partial charge in [-0.1, -0.05) is 13.8 Å². The molecule has 5 nitrogen and oxygen atoms in total. The fraction of sp³-hybridized carbons (Fsp3) is 0.688. The third-order valence-corrected chi connectivity index (χ3v) is 4.26. The number of hydrazine groups is 1. The molecule has 0 bridgehead atoms. The van der Waals surface area contributed by atoms with Crippen molar-refractivity contribution in [2.75, 3.05) is 14.1 Å². The number of nitrogens with one attached hydrogen (secondary N) is 1. The number of hydrogen-bond donors (Lipinski definition) is 2. The van der Waals surface area contributed by atoms with E-state index in [2.05, 4.69) is 43.3 Å². The molecule has 21 heavy (non-hydrogen) atoms. The molecule has 3 N–H and O–H groups in total. The van der Waals surface area contributed by atoms with Crippen LogP contribution in [0.5, 0.6) is 5.75 Å². The van der Waals surface area contributed by atoms with Gasteiger partial charge in [-0.15, -0.1) is 0 Å². The predicted octanol–water partition coefficient (Wildman–Crippen LogP) is 2.49. The van der Waals surface area contributed by atoms with Crippen LogP contribution in [0.25, 0.3) is 0 Å². The van der Waals surface area contributed by atoms with Crippen LogP contribution >= 0.6 is 0 Å². The second kappa shape index (κ2) is 7.73. The van der Waals surface area contributed by atoms with Gasteiger partial charge in [0.1, 0.15) is 5.75 Å². The van der Waals surface area contributed by atoms with Gasteiger partial charge < -0.3 is 9.64 Å². The molecule has 0 radical (unpaired) electrons. The van der Waals surface area contributed by atoms with Gasteiger partial charge in [0, 0.05) is 11.7 Å². The van der Waals surface area contributed by atoms with Crippen molar-refractivity contribution in [2.45, 2.75) is 58.2 Å². The molecule has 1 aromatic heterocycles. The molecular weight excluding hydrogens is 264 g/mol. The van der Waals surface area contributed by atoms with Gasteiger partial charge in [0.05, 0.1) is 18.3 Å². The smallest absolute Gasteiger partial charge is 0.138 e. The zero-order valence-electron chi connectivity index (χ0n) is 14.2. The summed E-state index contributed by atoms with van der Waals surface area (Å²) in [7, 11) is 4.19. The summed E-state index contributed by atoms with van der Waals surface area (Å²) in [5, 5.41) is 0. The number of ether oxygens (including phenoxy) is 1. The SMILES string of the molecule is CCC(CC)(C(NN)c1cncc(OC(C)C)c1)N(C)C. The highest BCUT2D eigenvalue weighted by Crippen LogP contribution is 2.36. The van der Waals surface area contributed by atoms with E-state index in [1.165, 1.54) is 0 Å². The molecule has 0 saturated carbocycles. The number of aromatic nitrogens is 1. The van der Waals surface area contributed by atoms with E-state index in [0.717, 1.165) is 24.2 Å². The molecule has 0 aliphatic carbocycles. The molecule has 0 aliphatic rings. The molecule has 1 rings (SSSR count). The van der Waals surface area contributed by atoms with Gasteiger partial charge in [-0.2, -0.15) is 0 Å². The second-order valence-corrected chi connectivity index (χ2v) is 5.93. The summed E-state index contributed by atoms with van der Waals surface area (Å²) in [6.45, 7) is 8.40. The zero-order valence-corrected chi connectivity index (χ0v) is 14.2. The number of likely N-dealkylation sites (N-methyl/N-ethyl adjacent to an activating group) is 1. The number of nitrogens with two attached hydrogens (primary N) is 1. The quantitative estimate of drug-likeness (QED) is 0.570. The molecule has 0 amide bonds. The summed E-state index contributed by atoms with van der Waals surface area (Å²) in [6.07, 6.45) is 5.71. The van der Waals surface area contributed by atoms with E-state index >= 15 is 0 Å². The van der Waals surface area contributed by atoms with Crippen LogP contribution in [-0.4, -0.2) is 35.6 Å². The van der Waals surface area contributed by atoms with Crippen LogP contribution in [0.2, 0.25) is 0 Å². The molecule has 0 aromatic carbocycles. The van der Waals surface area contributed by atoms with Gasteiger partial charge in [-0.25, -0.2) is 0 Å². The highest BCUT2D eigenvalue weighted by molar-refractivity contribution is 5.28. The minimum Gasteiger partial charge on any atom is -0.489 e. The average Bonchev–Trinajstić information content (AvgIpc) is 2.44. The van der Waals surface area contributed by atoms with Crippen LogP contribution in [0.4, 0.5) is 0 Å². The Morgan fingerprint density at radius 3 is 2.33 bits per heavy atom. The van der Waals surface area contributed by atoms with Crippen molar-refractivity contribution in [2.24, 2.45) is 5.84 Å². The normalized spacial score (nSPS) is 13.8. The van der Waals surface area contributed by atoms with Gasteiger partial charge in [-0.05, 0) is 52.4 Å². The molecule has 5 heteroatoms. The molecule has 0 aliphatic heterocycles. The van der Waals surface area contributed by atoms with Crippen molar-refractivity contribution < 1.29 is 4.74 Å². The van der Waals surface area contributed by atoms with Crippen LogP contribution in [0.15, 0.2) is 18.5 Å². The summed E-state index contributed by atoms with van der Waals surface area (Å²) in [6, 6.07) is 2.02. The predicted molar refractivity (Wildman–Crippen MR) is 87.1 cm³/mol. The Morgan fingerprint density at radius 2 is 1.90 bits per heavy atom. The molecule has 0 fully saturated rings. The Morgan fingerprint density at radius 1 is 1.29 bits per heavy atom. The fourth-order valence-electron chi connectivity index (χ4n) is 3.04. The van der Waals surface area contributed by atoms with E-state index in [-0.39, 0.29) is 17.7 Å². The molecule has 1 heterocycles. The number of nitrogens with zero attached hydrogens (tertiary/aromatic N) is 2. The highest BCUT2D eigenvalue weighted by Gasteiger charge is 2.38. The number of hydrogen-bond acceptors (Lipinski definition) is 5. The van der Waals surface area contributed by atoms with Crippen LogP contribution < -0.4 is 16.0 Å². The third kappa shape index (κ3) is 3.93. The highest BCUT2D eigenvalue weighted by atomic mass is 16.5. The van der Waals surface area contributed by atoms with E-state index in [4.69, 9.17) is 10.6 Å². The maximum absolute atomic E-state index is 5.89. The summed E-state index contributed by atoms with van der Waals surface area (Å²) in [5.74, 6) is 6.67. The fourth-order valence-corrected chi connectivity index (χ4v) is 3.04. The molecule has 1 aromatic rings. The Balaban J connectivity index is 3.19. The average molecular weight is 294 g/mol. The van der Waals surface area contributed by atoms with E-state index in [1.54, 1.807) is 6.20 Å². The second-order valence-electron chi connectivity index (χ2n) is 5.93. The lowest BCUT2D eigenvalue weighted by Crippen LogP contribution is -2.54. The van der Waals surface area contributed by atoms with Crippen LogP contribution in [-0.2, 0) is 0 Å². The van der Waals surface area contributed by atoms with Crippen molar-refractivity contribution >= 4 is 0 Å². The van der Waals surface area contributed by atoms with E-state index in [1.807, 2.05) is 26.1 Å². The lowest BCUT2D eigenvalue weighted by Gasteiger charge is -2.45. The lowest BCUT2D eigenvalue weighted by molar-refractivity contribution is 0.0878. The monoisotopic (exact) mass is 294 g/mol. The van der Waals surface area contributed by atoms with Gasteiger partial charge in [0.15, 0.2) is 0 Å². The minimum atomic E-state index is -0.0626. The first kappa shape index (κ1) is 17.9. The van der Waals surface area contributed by atoms with Crippen LogP contribution in [0, 0.1) is 0 Å². The topological polar surface area (TPSA) is 63.4 Å². The van der Waals surface area contributed by atoms with E-state index < -0.39 is 0 Å². The first-order valence-corrected chi connectivity index (χ1v) is 7.66. The summed E-state index contributed by atoms with van der Waals surface area (Å²) < 4.78 is 5.75.